The maximum atomic E-state index is 12.8. The van der Waals surface area contributed by atoms with Crippen molar-refractivity contribution in [3.63, 3.8) is 0 Å². The van der Waals surface area contributed by atoms with Gasteiger partial charge in [0.05, 0.1) is 16.0 Å². The van der Waals surface area contributed by atoms with E-state index in [1.165, 1.54) is 36.4 Å². The molecule has 0 bridgehead atoms. The fraction of sp³-hybridized carbons (Fsp3) is 0.0455. The number of esters is 2. The minimum Gasteiger partial charge on any atom is -0.386 e. The summed E-state index contributed by atoms with van der Waals surface area (Å²) in [4.78, 5) is 37.4. The maximum Gasteiger partial charge on any atom is 0.346 e. The molecule has 0 fully saturated rings. The molecule has 0 saturated heterocycles. The molecule has 2 N–H and O–H groups in total. The number of benzene rings is 3. The van der Waals surface area contributed by atoms with Crippen molar-refractivity contribution in [2.75, 3.05) is 0 Å². The molecule has 0 amide bonds. The highest BCUT2D eigenvalue weighted by Gasteiger charge is 2.22. The predicted molar refractivity (Wildman–Crippen MR) is 109 cm³/mol. The van der Waals surface area contributed by atoms with Crippen molar-refractivity contribution >= 4 is 27.7 Å². The zero-order valence-electron chi connectivity index (χ0n) is 15.9. The van der Waals surface area contributed by atoms with E-state index in [1.54, 1.807) is 30.3 Å². The fourth-order valence-corrected chi connectivity index (χ4v) is 3.28. The number of nitrogens with two attached hydrogens (primary N) is 1. The van der Waals surface area contributed by atoms with Crippen LogP contribution in [0.2, 0.25) is 0 Å². The number of sulfonamides is 1. The zero-order valence-corrected chi connectivity index (χ0v) is 16.7. The van der Waals surface area contributed by atoms with Crippen molar-refractivity contribution in [3.05, 3.63) is 101 Å². The predicted octanol–water partition coefficient (Wildman–Crippen LogP) is 2.87. The van der Waals surface area contributed by atoms with Crippen molar-refractivity contribution in [3.8, 4) is 0 Å². The monoisotopic (exact) mass is 423 g/mol. The molecule has 3 rings (SSSR count). The Labute approximate surface area is 173 Å². The van der Waals surface area contributed by atoms with E-state index in [2.05, 4.69) is 0 Å². The van der Waals surface area contributed by atoms with Crippen LogP contribution in [0.15, 0.2) is 77.7 Å². The van der Waals surface area contributed by atoms with Crippen molar-refractivity contribution in [1.29, 1.82) is 0 Å². The van der Waals surface area contributed by atoms with Gasteiger partial charge in [0.1, 0.15) is 0 Å². The number of ketones is 1. The number of hydrogen-bond acceptors (Lipinski definition) is 6. The lowest BCUT2D eigenvalue weighted by atomic mass is 9.98. The molecule has 0 heterocycles. The molecule has 0 radical (unpaired) electrons. The number of primary sulfonamides is 1. The summed E-state index contributed by atoms with van der Waals surface area (Å²) in [5.74, 6) is -2.49. The van der Waals surface area contributed by atoms with Crippen LogP contribution in [-0.2, 0) is 14.8 Å². The van der Waals surface area contributed by atoms with Gasteiger partial charge >= 0.3 is 11.9 Å². The zero-order chi connectivity index (χ0) is 21.9. The largest absolute Gasteiger partial charge is 0.386 e. The molecular weight excluding hydrogens is 406 g/mol. The molecule has 3 aromatic carbocycles. The van der Waals surface area contributed by atoms with Crippen molar-refractivity contribution in [1.82, 2.24) is 0 Å². The van der Waals surface area contributed by atoms with Crippen LogP contribution in [0.3, 0.4) is 0 Å². The van der Waals surface area contributed by atoms with Crippen LogP contribution in [0.5, 0.6) is 0 Å². The standard InChI is InChI=1S/C22H17NO6S/c1-14-9-11-15(12-10-14)20(24)18-7-2-3-8-19(18)22(26)29-21(25)16-5-4-6-17(13-16)30(23,27)28/h2-13H,1H3,(H2,23,27,28). The van der Waals surface area contributed by atoms with Crippen molar-refractivity contribution in [2.24, 2.45) is 5.14 Å². The summed E-state index contributed by atoms with van der Waals surface area (Å²) < 4.78 is 27.8. The second kappa shape index (κ2) is 8.40. The molecule has 0 aliphatic rings. The average molecular weight is 423 g/mol. The van der Waals surface area contributed by atoms with Gasteiger partial charge in [-0.05, 0) is 31.2 Å². The first-order valence-corrected chi connectivity index (χ1v) is 10.3. The second-order valence-electron chi connectivity index (χ2n) is 6.49. The quantitative estimate of drug-likeness (QED) is 0.383. The molecule has 0 atom stereocenters. The van der Waals surface area contributed by atoms with Crippen LogP contribution in [-0.4, -0.2) is 26.1 Å². The Hall–Kier alpha value is -3.62. The third kappa shape index (κ3) is 4.68. The molecular formula is C22H17NO6S. The number of hydrogen-bond donors (Lipinski definition) is 1. The van der Waals surface area contributed by atoms with E-state index >= 15 is 0 Å². The molecule has 7 nitrogen and oxygen atoms in total. The van der Waals surface area contributed by atoms with E-state index in [0.29, 0.717) is 5.56 Å². The Morgan fingerprint density at radius 2 is 1.40 bits per heavy atom. The molecule has 3 aromatic rings. The Balaban J connectivity index is 1.87. The van der Waals surface area contributed by atoms with Gasteiger partial charge in [0.25, 0.3) is 0 Å². The minimum atomic E-state index is -4.03. The Bertz CT molecular complexity index is 1250. The molecule has 0 spiro atoms. The van der Waals surface area contributed by atoms with E-state index in [0.717, 1.165) is 11.6 Å². The SMILES string of the molecule is Cc1ccc(C(=O)c2ccccc2C(=O)OC(=O)c2cccc(S(N)(=O)=O)c2)cc1. The maximum absolute atomic E-state index is 12.8. The number of ether oxygens (including phenoxy) is 1. The van der Waals surface area contributed by atoms with Gasteiger partial charge in [-0.1, -0.05) is 54.1 Å². The summed E-state index contributed by atoms with van der Waals surface area (Å²) in [7, 11) is -4.03. The summed E-state index contributed by atoms with van der Waals surface area (Å²) in [6.07, 6.45) is 0. The minimum absolute atomic E-state index is 0.0810. The molecule has 30 heavy (non-hydrogen) atoms. The molecule has 0 unspecified atom stereocenters. The number of carbonyl (C=O) groups is 3. The Morgan fingerprint density at radius 3 is 2.03 bits per heavy atom. The van der Waals surface area contributed by atoms with Gasteiger partial charge in [-0.3, -0.25) is 4.79 Å². The van der Waals surface area contributed by atoms with Crippen molar-refractivity contribution in [2.45, 2.75) is 11.8 Å². The lowest BCUT2D eigenvalue weighted by molar-refractivity contribution is 0.0395. The first-order chi connectivity index (χ1) is 14.2. The average Bonchev–Trinajstić information content (AvgIpc) is 2.73. The smallest absolute Gasteiger partial charge is 0.346 e. The molecule has 0 aliphatic heterocycles. The Morgan fingerprint density at radius 1 is 0.767 bits per heavy atom. The van der Waals surface area contributed by atoms with Crippen LogP contribution in [0.4, 0.5) is 0 Å². The summed E-state index contributed by atoms with van der Waals surface area (Å²) in [5.41, 5.74) is 1.19. The van der Waals surface area contributed by atoms with Crippen LogP contribution in [0.25, 0.3) is 0 Å². The van der Waals surface area contributed by atoms with Gasteiger partial charge in [0, 0.05) is 11.1 Å². The van der Waals surface area contributed by atoms with Gasteiger partial charge in [0.2, 0.25) is 10.0 Å². The second-order valence-corrected chi connectivity index (χ2v) is 8.05. The number of rotatable bonds is 5. The van der Waals surface area contributed by atoms with Gasteiger partial charge in [-0.2, -0.15) is 0 Å². The number of carbonyl (C=O) groups excluding carboxylic acids is 3. The van der Waals surface area contributed by atoms with Crippen LogP contribution >= 0.6 is 0 Å². The van der Waals surface area contributed by atoms with Gasteiger partial charge in [-0.15, -0.1) is 0 Å². The molecule has 8 heteroatoms. The normalized spacial score (nSPS) is 11.0. The first-order valence-electron chi connectivity index (χ1n) is 8.76. The Kier molecular flexibility index (Phi) is 5.91. The lowest BCUT2D eigenvalue weighted by Crippen LogP contribution is -2.17. The molecule has 0 aromatic heterocycles. The molecule has 0 aliphatic carbocycles. The summed E-state index contributed by atoms with van der Waals surface area (Å²) >= 11 is 0. The lowest BCUT2D eigenvalue weighted by Gasteiger charge is -2.09. The van der Waals surface area contributed by atoms with E-state index in [9.17, 15) is 22.8 Å². The van der Waals surface area contributed by atoms with Crippen LogP contribution in [0, 0.1) is 6.92 Å². The van der Waals surface area contributed by atoms with Gasteiger partial charge in [0.15, 0.2) is 5.78 Å². The topological polar surface area (TPSA) is 121 Å². The van der Waals surface area contributed by atoms with Gasteiger partial charge < -0.3 is 4.74 Å². The summed E-state index contributed by atoms with van der Waals surface area (Å²) in [6, 6.07) is 17.6. The van der Waals surface area contributed by atoms with Gasteiger partial charge in [-0.25, -0.2) is 23.1 Å². The van der Waals surface area contributed by atoms with E-state index in [1.807, 2.05) is 6.92 Å². The van der Waals surface area contributed by atoms with E-state index in [4.69, 9.17) is 9.88 Å². The van der Waals surface area contributed by atoms with E-state index in [-0.39, 0.29) is 21.6 Å². The van der Waals surface area contributed by atoms with E-state index < -0.39 is 27.7 Å². The highest BCUT2D eigenvalue weighted by atomic mass is 32.2. The highest BCUT2D eigenvalue weighted by molar-refractivity contribution is 7.89. The fourth-order valence-electron chi connectivity index (χ4n) is 2.72. The molecule has 0 saturated carbocycles. The van der Waals surface area contributed by atoms with Crippen LogP contribution < -0.4 is 5.14 Å². The molecule has 152 valence electrons. The third-order valence-electron chi connectivity index (χ3n) is 4.29. The first kappa shape index (κ1) is 21.1. The van der Waals surface area contributed by atoms with Crippen LogP contribution in [0.1, 0.15) is 42.2 Å². The highest BCUT2D eigenvalue weighted by Crippen LogP contribution is 2.18. The summed E-state index contributed by atoms with van der Waals surface area (Å²) in [6.45, 7) is 1.88. The third-order valence-corrected chi connectivity index (χ3v) is 5.20. The number of aryl methyl sites for hydroxylation is 1. The van der Waals surface area contributed by atoms with Crippen molar-refractivity contribution < 1.29 is 27.5 Å². The summed E-state index contributed by atoms with van der Waals surface area (Å²) in [5, 5.41) is 5.05.